The molecule has 0 saturated heterocycles. The second kappa shape index (κ2) is 6.21. The van der Waals surface area contributed by atoms with Gasteiger partial charge in [0.25, 0.3) is 15.9 Å². The zero-order valence-corrected chi connectivity index (χ0v) is 12.1. The summed E-state index contributed by atoms with van der Waals surface area (Å²) in [6, 6.07) is 10.1. The van der Waals surface area contributed by atoms with E-state index >= 15 is 0 Å². The van der Waals surface area contributed by atoms with Crippen LogP contribution in [0.4, 0.5) is 4.39 Å². The third-order valence-corrected chi connectivity index (χ3v) is 4.04. The summed E-state index contributed by atoms with van der Waals surface area (Å²) in [6.45, 7) is 0. The third-order valence-electron chi connectivity index (χ3n) is 2.53. The van der Waals surface area contributed by atoms with Crippen molar-refractivity contribution in [1.82, 2.24) is 10.3 Å². The van der Waals surface area contributed by atoms with Gasteiger partial charge in [-0.25, -0.2) is 12.8 Å². The number of carbonyl (C=O) groups excluding carboxylic acids is 1. The molecule has 0 atom stereocenters. The van der Waals surface area contributed by atoms with Crippen LogP contribution in [-0.2, 0) is 10.0 Å². The molecule has 0 unspecified atom stereocenters. The molecule has 0 aliphatic heterocycles. The van der Waals surface area contributed by atoms with Crippen molar-refractivity contribution < 1.29 is 17.6 Å². The molecule has 0 saturated carbocycles. The summed E-state index contributed by atoms with van der Waals surface area (Å²) >= 11 is 5.68. The van der Waals surface area contributed by atoms with Gasteiger partial charge in [0, 0.05) is 10.6 Å². The van der Waals surface area contributed by atoms with E-state index in [1.165, 1.54) is 24.3 Å². The number of hydrogen-bond donors (Lipinski definition) is 2. The Kier molecular flexibility index (Phi) is 4.56. The summed E-state index contributed by atoms with van der Waals surface area (Å²) in [5.41, 5.74) is 2.30. The van der Waals surface area contributed by atoms with Gasteiger partial charge in [-0.1, -0.05) is 11.6 Å². The molecule has 2 aromatic carbocycles. The van der Waals surface area contributed by atoms with Gasteiger partial charge < -0.3 is 0 Å². The summed E-state index contributed by atoms with van der Waals surface area (Å²) in [4.78, 5) is 13.5. The fourth-order valence-electron chi connectivity index (χ4n) is 1.46. The molecule has 0 bridgehead atoms. The number of rotatable bonds is 4. The molecule has 2 N–H and O–H groups in total. The van der Waals surface area contributed by atoms with Crippen LogP contribution in [0.15, 0.2) is 53.4 Å². The number of amides is 1. The van der Waals surface area contributed by atoms with E-state index in [2.05, 4.69) is 5.43 Å². The van der Waals surface area contributed by atoms with Gasteiger partial charge in [0.05, 0.1) is 4.90 Å². The van der Waals surface area contributed by atoms with E-state index in [-0.39, 0.29) is 10.5 Å². The number of nitrogens with one attached hydrogen (secondary N) is 2. The Hall–Kier alpha value is -1.96. The van der Waals surface area contributed by atoms with Crippen LogP contribution in [0.2, 0.25) is 5.02 Å². The molecule has 1 amide bonds. The first-order valence-corrected chi connectivity index (χ1v) is 7.58. The number of hydrazine groups is 1. The standard InChI is InChI=1S/C13H10ClFN2O3S/c14-10-3-1-9(2-4-10)13(18)16-17-21(19,20)12-7-5-11(15)6-8-12/h1-8,17H,(H,16,18). The maximum atomic E-state index is 12.7. The zero-order chi connectivity index (χ0) is 15.5. The average molecular weight is 329 g/mol. The minimum absolute atomic E-state index is 0.166. The third kappa shape index (κ3) is 4.01. The van der Waals surface area contributed by atoms with Crippen LogP contribution in [0.25, 0.3) is 0 Å². The molecular formula is C13H10ClFN2O3S. The van der Waals surface area contributed by atoms with Crippen molar-refractivity contribution in [3.05, 3.63) is 64.9 Å². The predicted octanol–water partition coefficient (Wildman–Crippen LogP) is 2.10. The van der Waals surface area contributed by atoms with Crippen molar-refractivity contribution in [1.29, 1.82) is 0 Å². The van der Waals surface area contributed by atoms with E-state index < -0.39 is 21.7 Å². The van der Waals surface area contributed by atoms with Gasteiger partial charge in [-0.05, 0) is 48.5 Å². The SMILES string of the molecule is O=C(NNS(=O)(=O)c1ccc(F)cc1)c1ccc(Cl)cc1. The number of benzene rings is 2. The molecule has 2 rings (SSSR count). The average Bonchev–Trinajstić information content (AvgIpc) is 2.46. The van der Waals surface area contributed by atoms with Crippen molar-refractivity contribution in [3.8, 4) is 0 Å². The van der Waals surface area contributed by atoms with Gasteiger partial charge in [-0.3, -0.25) is 10.2 Å². The summed E-state index contributed by atoms with van der Waals surface area (Å²) in [5.74, 6) is -1.20. The quantitative estimate of drug-likeness (QED) is 0.844. The fourth-order valence-corrected chi connectivity index (χ4v) is 2.42. The maximum Gasteiger partial charge on any atom is 0.266 e. The van der Waals surface area contributed by atoms with Gasteiger partial charge in [0.1, 0.15) is 5.82 Å². The lowest BCUT2D eigenvalue weighted by Gasteiger charge is -2.08. The highest BCUT2D eigenvalue weighted by Gasteiger charge is 2.15. The summed E-state index contributed by atoms with van der Waals surface area (Å²) in [6.07, 6.45) is 0. The largest absolute Gasteiger partial charge is 0.273 e. The smallest absolute Gasteiger partial charge is 0.266 e. The normalized spacial score (nSPS) is 11.1. The Balaban J connectivity index is 2.06. The van der Waals surface area contributed by atoms with E-state index in [9.17, 15) is 17.6 Å². The van der Waals surface area contributed by atoms with Gasteiger partial charge in [-0.2, -0.15) is 0 Å². The van der Waals surface area contributed by atoms with E-state index in [4.69, 9.17) is 11.6 Å². The molecule has 0 radical (unpaired) electrons. The van der Waals surface area contributed by atoms with Gasteiger partial charge >= 0.3 is 0 Å². The molecule has 0 aliphatic carbocycles. The Labute approximate surface area is 125 Å². The molecular weight excluding hydrogens is 319 g/mol. The van der Waals surface area contributed by atoms with Crippen molar-refractivity contribution in [2.45, 2.75) is 4.90 Å². The Morgan fingerprint density at radius 3 is 2.14 bits per heavy atom. The first-order chi connectivity index (χ1) is 9.88. The number of carbonyl (C=O) groups is 1. The minimum atomic E-state index is -3.96. The van der Waals surface area contributed by atoms with E-state index in [1.807, 2.05) is 4.83 Å². The molecule has 0 heterocycles. The number of halogens is 2. The van der Waals surface area contributed by atoms with E-state index in [1.54, 1.807) is 0 Å². The highest BCUT2D eigenvalue weighted by Crippen LogP contribution is 2.10. The molecule has 2 aromatic rings. The van der Waals surface area contributed by atoms with Crippen LogP contribution >= 0.6 is 11.6 Å². The molecule has 110 valence electrons. The number of hydrogen-bond acceptors (Lipinski definition) is 3. The van der Waals surface area contributed by atoms with E-state index in [0.29, 0.717) is 5.02 Å². The Bertz CT molecular complexity index is 746. The van der Waals surface area contributed by atoms with Crippen LogP contribution in [0.3, 0.4) is 0 Å². The molecule has 8 heteroatoms. The zero-order valence-electron chi connectivity index (χ0n) is 10.5. The van der Waals surface area contributed by atoms with Crippen LogP contribution in [0, 0.1) is 5.82 Å². The highest BCUT2D eigenvalue weighted by atomic mass is 35.5. The molecule has 0 spiro atoms. The molecule has 0 aromatic heterocycles. The van der Waals surface area contributed by atoms with Crippen LogP contribution in [0.1, 0.15) is 10.4 Å². The first kappa shape index (κ1) is 15.4. The van der Waals surface area contributed by atoms with Gasteiger partial charge in [-0.15, -0.1) is 4.83 Å². The van der Waals surface area contributed by atoms with Crippen LogP contribution < -0.4 is 10.3 Å². The summed E-state index contributed by atoms with van der Waals surface area (Å²) in [5, 5.41) is 0.457. The van der Waals surface area contributed by atoms with Crippen molar-refractivity contribution in [2.75, 3.05) is 0 Å². The molecule has 21 heavy (non-hydrogen) atoms. The second-order valence-electron chi connectivity index (χ2n) is 4.02. The first-order valence-electron chi connectivity index (χ1n) is 5.72. The summed E-state index contributed by atoms with van der Waals surface area (Å²) < 4.78 is 36.5. The van der Waals surface area contributed by atoms with Crippen molar-refractivity contribution >= 4 is 27.5 Å². The maximum absolute atomic E-state index is 12.7. The lowest BCUT2D eigenvalue weighted by atomic mass is 10.2. The lowest BCUT2D eigenvalue weighted by molar-refractivity contribution is 0.0945. The Morgan fingerprint density at radius 2 is 1.57 bits per heavy atom. The topological polar surface area (TPSA) is 75.3 Å². The van der Waals surface area contributed by atoms with Crippen molar-refractivity contribution in [2.24, 2.45) is 0 Å². The minimum Gasteiger partial charge on any atom is -0.273 e. The highest BCUT2D eigenvalue weighted by molar-refractivity contribution is 7.89. The lowest BCUT2D eigenvalue weighted by Crippen LogP contribution is -2.41. The second-order valence-corrected chi connectivity index (χ2v) is 6.14. The van der Waals surface area contributed by atoms with Crippen LogP contribution in [-0.4, -0.2) is 14.3 Å². The van der Waals surface area contributed by atoms with E-state index in [0.717, 1.165) is 24.3 Å². The van der Waals surface area contributed by atoms with Gasteiger partial charge in [0.2, 0.25) is 0 Å². The van der Waals surface area contributed by atoms with Crippen molar-refractivity contribution in [3.63, 3.8) is 0 Å². The Morgan fingerprint density at radius 1 is 1.00 bits per heavy atom. The molecule has 5 nitrogen and oxygen atoms in total. The number of sulfonamides is 1. The fraction of sp³-hybridized carbons (Fsp3) is 0. The predicted molar refractivity (Wildman–Crippen MR) is 75.6 cm³/mol. The van der Waals surface area contributed by atoms with Crippen LogP contribution in [0.5, 0.6) is 0 Å². The molecule has 0 aliphatic rings. The molecule has 0 fully saturated rings. The monoisotopic (exact) mass is 328 g/mol. The summed E-state index contributed by atoms with van der Waals surface area (Å²) in [7, 11) is -3.96. The van der Waals surface area contributed by atoms with Gasteiger partial charge in [0.15, 0.2) is 0 Å².